The number of ether oxygens (including phenoxy) is 1. The third-order valence-corrected chi connectivity index (χ3v) is 6.92. The van der Waals surface area contributed by atoms with E-state index < -0.39 is 0 Å². The number of nitrogens with zero attached hydrogens (tertiary/aromatic N) is 3. The lowest BCUT2D eigenvalue weighted by Gasteiger charge is -2.26. The van der Waals surface area contributed by atoms with Gasteiger partial charge in [0.15, 0.2) is 0 Å². The number of nitriles is 1. The molecule has 2 N–H and O–H groups in total. The van der Waals surface area contributed by atoms with E-state index in [1.54, 1.807) is 6.20 Å². The maximum absolute atomic E-state index is 9.86. The number of benzene rings is 2. The number of pyridine rings is 1. The quantitative estimate of drug-likeness (QED) is 0.334. The molecule has 0 spiro atoms. The van der Waals surface area contributed by atoms with Crippen molar-refractivity contribution in [1.29, 1.82) is 5.26 Å². The van der Waals surface area contributed by atoms with Crippen LogP contribution < -0.4 is 10.1 Å². The lowest BCUT2D eigenvalue weighted by molar-refractivity contribution is 0.183. The molecule has 0 atom stereocenters. The van der Waals surface area contributed by atoms with E-state index in [9.17, 15) is 5.26 Å². The highest BCUT2D eigenvalue weighted by atomic mass is 16.5. The van der Waals surface area contributed by atoms with Gasteiger partial charge in [0.1, 0.15) is 18.4 Å². The lowest BCUT2D eigenvalue weighted by atomic mass is 9.99. The zero-order valence-electron chi connectivity index (χ0n) is 20.4. The Hall–Kier alpha value is -3.82. The highest BCUT2D eigenvalue weighted by molar-refractivity contribution is 5.92. The van der Waals surface area contributed by atoms with Crippen molar-refractivity contribution >= 4 is 22.3 Å². The Kier molecular flexibility index (Phi) is 6.69. The summed E-state index contributed by atoms with van der Waals surface area (Å²) < 4.78 is 6.02. The van der Waals surface area contributed by atoms with Crippen molar-refractivity contribution in [3.05, 3.63) is 71.7 Å². The Bertz CT molecular complexity index is 1360. The number of nitrogens with one attached hydrogen (secondary N) is 2. The normalized spacial score (nSPS) is 14.1. The highest BCUT2D eigenvalue weighted by Gasteiger charge is 2.17. The van der Waals surface area contributed by atoms with Gasteiger partial charge in [-0.05, 0) is 81.2 Å². The number of aryl methyl sites for hydroxylation is 2. The third-order valence-electron chi connectivity index (χ3n) is 6.92. The molecule has 5 rings (SSSR count). The Balaban J connectivity index is 1.40. The highest BCUT2D eigenvalue weighted by Crippen LogP contribution is 2.37. The van der Waals surface area contributed by atoms with Crippen LogP contribution in [-0.2, 0) is 0 Å². The molecule has 178 valence electrons. The summed E-state index contributed by atoms with van der Waals surface area (Å²) in [6.45, 7) is 8.08. The summed E-state index contributed by atoms with van der Waals surface area (Å²) in [6.07, 6.45) is 7.51. The van der Waals surface area contributed by atoms with Crippen molar-refractivity contribution in [3.63, 3.8) is 0 Å². The van der Waals surface area contributed by atoms with E-state index in [1.165, 1.54) is 32.4 Å². The van der Waals surface area contributed by atoms with Crippen LogP contribution in [0.25, 0.3) is 22.0 Å². The minimum absolute atomic E-state index is 0.515. The lowest BCUT2D eigenvalue weighted by Crippen LogP contribution is -2.33. The van der Waals surface area contributed by atoms with Crippen molar-refractivity contribution < 1.29 is 4.74 Å². The molecule has 6 nitrogen and oxygen atoms in total. The van der Waals surface area contributed by atoms with Crippen LogP contribution in [0.15, 0.2) is 54.9 Å². The van der Waals surface area contributed by atoms with Gasteiger partial charge in [0.05, 0.1) is 11.3 Å². The van der Waals surface area contributed by atoms with Crippen LogP contribution in [0.3, 0.4) is 0 Å². The molecule has 0 amide bonds. The van der Waals surface area contributed by atoms with Gasteiger partial charge >= 0.3 is 0 Å². The average molecular weight is 466 g/mol. The fourth-order valence-corrected chi connectivity index (χ4v) is 4.92. The second kappa shape index (κ2) is 10.2. The first-order valence-electron chi connectivity index (χ1n) is 12.3. The molecular formula is C29H31N5O. The van der Waals surface area contributed by atoms with Crippen molar-refractivity contribution in [1.82, 2.24) is 14.9 Å². The summed E-state index contributed by atoms with van der Waals surface area (Å²) in [5.74, 6) is 0.857. The van der Waals surface area contributed by atoms with Crippen molar-refractivity contribution in [2.75, 3.05) is 31.6 Å². The topological polar surface area (TPSA) is 77.0 Å². The molecule has 4 aromatic rings. The standard InChI is InChI=1S/C29H31N5O/c1-20-25-12-13-31-27(25)11-10-26(20)33-29-23(18-30)19-32-21(2)28(29)22-6-8-24(9-7-22)35-17-16-34-14-4-3-5-15-34/h6-13,19,31H,3-5,14-17H2,1-2H3,(H,32,33). The minimum atomic E-state index is 0.515. The fraction of sp³-hybridized carbons (Fsp3) is 0.310. The van der Waals surface area contributed by atoms with Crippen LogP contribution in [0.5, 0.6) is 5.75 Å². The largest absolute Gasteiger partial charge is 0.492 e. The van der Waals surface area contributed by atoms with Crippen LogP contribution in [0.2, 0.25) is 0 Å². The predicted octanol–water partition coefficient (Wildman–Crippen LogP) is 6.33. The monoisotopic (exact) mass is 465 g/mol. The van der Waals surface area contributed by atoms with Gasteiger partial charge in [0.25, 0.3) is 0 Å². The van der Waals surface area contributed by atoms with Gasteiger partial charge in [-0.15, -0.1) is 0 Å². The van der Waals surface area contributed by atoms with Gasteiger partial charge < -0.3 is 15.0 Å². The molecule has 35 heavy (non-hydrogen) atoms. The first-order chi connectivity index (χ1) is 17.1. The maximum Gasteiger partial charge on any atom is 0.119 e. The van der Waals surface area contributed by atoms with E-state index in [2.05, 4.69) is 57.4 Å². The van der Waals surface area contributed by atoms with Crippen LogP contribution in [-0.4, -0.2) is 41.1 Å². The first kappa shape index (κ1) is 22.9. The number of aromatic nitrogens is 2. The molecular weight excluding hydrogens is 434 g/mol. The molecule has 0 saturated carbocycles. The van der Waals surface area contributed by atoms with E-state index >= 15 is 0 Å². The number of fused-ring (bicyclic) bond motifs is 1. The molecule has 1 fully saturated rings. The van der Waals surface area contributed by atoms with Gasteiger partial charge in [0.2, 0.25) is 0 Å². The van der Waals surface area contributed by atoms with E-state index in [1.807, 2.05) is 31.3 Å². The number of anilines is 2. The summed E-state index contributed by atoms with van der Waals surface area (Å²) in [5, 5.41) is 14.6. The Labute approximate surface area is 206 Å². The van der Waals surface area contributed by atoms with Gasteiger partial charge in [-0.3, -0.25) is 9.88 Å². The number of likely N-dealkylation sites (tertiary alicyclic amines) is 1. The van der Waals surface area contributed by atoms with Gasteiger partial charge in [-0.2, -0.15) is 5.26 Å². The first-order valence-corrected chi connectivity index (χ1v) is 12.3. The van der Waals surface area contributed by atoms with Crippen molar-refractivity contribution in [2.24, 2.45) is 0 Å². The number of H-pyrrole nitrogens is 1. The molecule has 1 aliphatic rings. The average Bonchev–Trinajstić information content (AvgIpc) is 3.37. The second-order valence-corrected chi connectivity index (χ2v) is 9.20. The Morgan fingerprint density at radius 3 is 2.63 bits per heavy atom. The number of hydrogen-bond acceptors (Lipinski definition) is 5. The zero-order valence-corrected chi connectivity index (χ0v) is 20.4. The number of rotatable bonds is 7. The predicted molar refractivity (Wildman–Crippen MR) is 141 cm³/mol. The summed E-state index contributed by atoms with van der Waals surface area (Å²) in [6, 6.07) is 16.6. The smallest absolute Gasteiger partial charge is 0.119 e. The van der Waals surface area contributed by atoms with Crippen LogP contribution in [0, 0.1) is 25.2 Å². The third kappa shape index (κ3) is 4.87. The minimum Gasteiger partial charge on any atom is -0.492 e. The number of hydrogen-bond donors (Lipinski definition) is 2. The molecule has 1 aliphatic heterocycles. The van der Waals surface area contributed by atoms with Gasteiger partial charge in [-0.25, -0.2) is 0 Å². The van der Waals surface area contributed by atoms with Crippen molar-refractivity contribution in [2.45, 2.75) is 33.1 Å². The number of piperidine rings is 1. The van der Waals surface area contributed by atoms with E-state index in [0.717, 1.165) is 57.0 Å². The summed E-state index contributed by atoms with van der Waals surface area (Å²) >= 11 is 0. The summed E-state index contributed by atoms with van der Waals surface area (Å²) in [5.41, 5.74) is 7.28. The molecule has 3 heterocycles. The Morgan fingerprint density at radius 1 is 1.06 bits per heavy atom. The van der Waals surface area contributed by atoms with E-state index in [-0.39, 0.29) is 0 Å². The SMILES string of the molecule is Cc1ncc(C#N)c(Nc2ccc3[nH]ccc3c2C)c1-c1ccc(OCCN2CCCCC2)cc1. The number of aromatic amines is 1. The van der Waals surface area contributed by atoms with Crippen molar-refractivity contribution in [3.8, 4) is 22.9 Å². The van der Waals surface area contributed by atoms with Gasteiger partial charge in [-0.1, -0.05) is 18.6 Å². The van der Waals surface area contributed by atoms with E-state index in [4.69, 9.17) is 4.74 Å². The molecule has 1 saturated heterocycles. The molecule has 0 aliphatic carbocycles. The van der Waals surface area contributed by atoms with Crippen LogP contribution in [0.4, 0.5) is 11.4 Å². The molecule has 2 aromatic heterocycles. The van der Waals surface area contributed by atoms with E-state index in [0.29, 0.717) is 12.2 Å². The Morgan fingerprint density at radius 2 is 1.86 bits per heavy atom. The molecule has 0 bridgehead atoms. The molecule has 0 radical (unpaired) electrons. The van der Waals surface area contributed by atoms with Gasteiger partial charge in [0, 0.05) is 46.8 Å². The molecule has 2 aromatic carbocycles. The molecule has 0 unspecified atom stereocenters. The fourth-order valence-electron chi connectivity index (χ4n) is 4.92. The second-order valence-electron chi connectivity index (χ2n) is 9.20. The zero-order chi connectivity index (χ0) is 24.2. The summed E-state index contributed by atoms with van der Waals surface area (Å²) in [4.78, 5) is 10.2. The van der Waals surface area contributed by atoms with Crippen LogP contribution in [0.1, 0.15) is 36.1 Å². The van der Waals surface area contributed by atoms with Crippen LogP contribution >= 0.6 is 0 Å². The maximum atomic E-state index is 9.86. The summed E-state index contributed by atoms with van der Waals surface area (Å²) in [7, 11) is 0. The molecule has 6 heteroatoms.